The molecule has 2 fully saturated rings. The van der Waals surface area contributed by atoms with Crippen LogP contribution in [0.25, 0.3) is 0 Å². The second-order valence-corrected chi connectivity index (χ2v) is 8.14. The molecule has 3 heteroatoms. The molecule has 0 amide bonds. The highest BCUT2D eigenvalue weighted by Gasteiger charge is 2.24. The number of piperazine rings is 1. The molecule has 0 aromatic heterocycles. The van der Waals surface area contributed by atoms with Gasteiger partial charge in [-0.05, 0) is 71.5 Å². The zero-order chi connectivity index (χ0) is 15.9. The van der Waals surface area contributed by atoms with Gasteiger partial charge in [0, 0.05) is 38.3 Å². The summed E-state index contributed by atoms with van der Waals surface area (Å²) in [5, 5.41) is 0. The van der Waals surface area contributed by atoms with Crippen molar-refractivity contribution in [2.75, 3.05) is 45.8 Å². The zero-order valence-corrected chi connectivity index (χ0v) is 15.6. The molecule has 0 bridgehead atoms. The fraction of sp³-hybridized carbons (Fsp3) is 1.00. The van der Waals surface area contributed by atoms with Crippen molar-refractivity contribution in [3.8, 4) is 0 Å². The van der Waals surface area contributed by atoms with Crippen LogP contribution in [0.5, 0.6) is 0 Å². The molecule has 0 radical (unpaired) electrons. The lowest BCUT2D eigenvalue weighted by Gasteiger charge is -2.37. The average Bonchev–Trinajstić information content (AvgIpc) is 2.90. The molecular formula is C19H39N3. The highest BCUT2D eigenvalue weighted by molar-refractivity contribution is 4.80. The maximum Gasteiger partial charge on any atom is 0.0113 e. The summed E-state index contributed by atoms with van der Waals surface area (Å²) in [7, 11) is 0. The van der Waals surface area contributed by atoms with Crippen molar-refractivity contribution >= 4 is 0 Å². The second kappa shape index (κ2) is 9.24. The van der Waals surface area contributed by atoms with Crippen LogP contribution in [0.4, 0.5) is 0 Å². The molecule has 1 atom stereocenters. The summed E-state index contributed by atoms with van der Waals surface area (Å²) < 4.78 is 0. The lowest BCUT2D eigenvalue weighted by Crippen LogP contribution is -2.49. The van der Waals surface area contributed by atoms with Gasteiger partial charge < -0.3 is 9.80 Å². The van der Waals surface area contributed by atoms with E-state index in [-0.39, 0.29) is 0 Å². The van der Waals surface area contributed by atoms with Gasteiger partial charge in [0.1, 0.15) is 0 Å². The lowest BCUT2D eigenvalue weighted by atomic mass is 10.0. The van der Waals surface area contributed by atoms with Crippen molar-refractivity contribution in [1.82, 2.24) is 14.7 Å². The van der Waals surface area contributed by atoms with E-state index in [1.54, 1.807) is 0 Å². The van der Waals surface area contributed by atoms with E-state index in [2.05, 4.69) is 42.4 Å². The van der Waals surface area contributed by atoms with E-state index in [4.69, 9.17) is 0 Å². The quantitative estimate of drug-likeness (QED) is 0.637. The third-order valence-electron chi connectivity index (χ3n) is 5.55. The van der Waals surface area contributed by atoms with Crippen molar-refractivity contribution in [3.05, 3.63) is 0 Å². The standard InChI is InChI=1S/C19H39N3/c1-17(2)16-19-8-7-11-22(19)10-6-5-9-20-12-14-21(15-13-20)18(3)4/h17-19H,5-16H2,1-4H3. The first-order chi connectivity index (χ1) is 10.6. The maximum absolute atomic E-state index is 2.77. The van der Waals surface area contributed by atoms with Gasteiger partial charge in [-0.25, -0.2) is 0 Å². The third kappa shape index (κ3) is 5.82. The Kier molecular flexibility index (Phi) is 7.66. The molecule has 2 saturated heterocycles. The van der Waals surface area contributed by atoms with Crippen LogP contribution >= 0.6 is 0 Å². The Bertz CT molecular complexity index is 295. The highest BCUT2D eigenvalue weighted by Crippen LogP contribution is 2.23. The number of hydrogen-bond acceptors (Lipinski definition) is 3. The fourth-order valence-electron chi connectivity index (χ4n) is 4.15. The van der Waals surface area contributed by atoms with Gasteiger partial charge >= 0.3 is 0 Å². The van der Waals surface area contributed by atoms with E-state index < -0.39 is 0 Å². The van der Waals surface area contributed by atoms with Crippen LogP contribution in [-0.2, 0) is 0 Å². The van der Waals surface area contributed by atoms with Gasteiger partial charge in [-0.15, -0.1) is 0 Å². The Labute approximate surface area is 139 Å². The second-order valence-electron chi connectivity index (χ2n) is 8.14. The summed E-state index contributed by atoms with van der Waals surface area (Å²) in [4.78, 5) is 8.06. The van der Waals surface area contributed by atoms with E-state index in [0.29, 0.717) is 0 Å². The average molecular weight is 310 g/mol. The molecular weight excluding hydrogens is 270 g/mol. The number of likely N-dealkylation sites (tertiary alicyclic amines) is 1. The normalized spacial score (nSPS) is 25.6. The van der Waals surface area contributed by atoms with Crippen molar-refractivity contribution in [3.63, 3.8) is 0 Å². The van der Waals surface area contributed by atoms with Crippen molar-refractivity contribution < 1.29 is 0 Å². The lowest BCUT2D eigenvalue weighted by molar-refractivity contribution is 0.106. The largest absolute Gasteiger partial charge is 0.301 e. The van der Waals surface area contributed by atoms with Gasteiger partial charge in [0.05, 0.1) is 0 Å². The monoisotopic (exact) mass is 309 g/mol. The molecule has 0 spiro atoms. The van der Waals surface area contributed by atoms with Gasteiger partial charge in [0.25, 0.3) is 0 Å². The highest BCUT2D eigenvalue weighted by atomic mass is 15.3. The van der Waals surface area contributed by atoms with E-state index in [9.17, 15) is 0 Å². The van der Waals surface area contributed by atoms with Crippen LogP contribution in [-0.4, -0.2) is 72.6 Å². The number of unbranched alkanes of at least 4 members (excludes halogenated alkanes) is 1. The summed E-state index contributed by atoms with van der Waals surface area (Å²) >= 11 is 0. The first-order valence-corrected chi connectivity index (χ1v) is 9.76. The Hall–Kier alpha value is -0.120. The van der Waals surface area contributed by atoms with Crippen LogP contribution in [0.15, 0.2) is 0 Å². The number of nitrogens with zero attached hydrogens (tertiary/aromatic N) is 3. The van der Waals surface area contributed by atoms with Crippen LogP contribution in [0, 0.1) is 5.92 Å². The molecule has 0 aromatic carbocycles. The van der Waals surface area contributed by atoms with Gasteiger partial charge in [-0.2, -0.15) is 0 Å². The minimum absolute atomic E-state index is 0.718. The molecule has 2 aliphatic heterocycles. The van der Waals surface area contributed by atoms with E-state index in [1.165, 1.54) is 77.9 Å². The fourth-order valence-corrected chi connectivity index (χ4v) is 4.15. The SMILES string of the molecule is CC(C)CC1CCCN1CCCCN1CCN(C(C)C)CC1. The Morgan fingerprint density at radius 3 is 2.18 bits per heavy atom. The predicted octanol–water partition coefficient (Wildman–Crippen LogP) is 3.30. The molecule has 2 rings (SSSR count). The van der Waals surface area contributed by atoms with Crippen LogP contribution in [0.2, 0.25) is 0 Å². The van der Waals surface area contributed by atoms with Crippen molar-refractivity contribution in [2.45, 2.75) is 71.9 Å². The number of rotatable bonds is 8. The summed E-state index contributed by atoms with van der Waals surface area (Å²) in [6.45, 7) is 18.5. The van der Waals surface area contributed by atoms with Crippen LogP contribution in [0.3, 0.4) is 0 Å². The Morgan fingerprint density at radius 1 is 0.864 bits per heavy atom. The predicted molar refractivity (Wildman–Crippen MR) is 96.4 cm³/mol. The number of hydrogen-bond donors (Lipinski definition) is 0. The molecule has 0 N–H and O–H groups in total. The molecule has 3 nitrogen and oxygen atoms in total. The van der Waals surface area contributed by atoms with Gasteiger partial charge in [-0.1, -0.05) is 13.8 Å². The molecule has 0 saturated carbocycles. The summed E-state index contributed by atoms with van der Waals surface area (Å²) in [5.41, 5.74) is 0. The summed E-state index contributed by atoms with van der Waals surface area (Å²) in [5.74, 6) is 0.850. The minimum Gasteiger partial charge on any atom is -0.301 e. The molecule has 0 aliphatic carbocycles. The molecule has 130 valence electrons. The zero-order valence-electron chi connectivity index (χ0n) is 15.6. The minimum atomic E-state index is 0.718. The van der Waals surface area contributed by atoms with E-state index >= 15 is 0 Å². The van der Waals surface area contributed by atoms with Gasteiger partial charge in [0.15, 0.2) is 0 Å². The molecule has 2 heterocycles. The van der Waals surface area contributed by atoms with Gasteiger partial charge in [0.2, 0.25) is 0 Å². The molecule has 1 unspecified atom stereocenters. The van der Waals surface area contributed by atoms with Crippen molar-refractivity contribution in [1.29, 1.82) is 0 Å². The third-order valence-corrected chi connectivity index (χ3v) is 5.55. The van der Waals surface area contributed by atoms with E-state index in [0.717, 1.165) is 18.0 Å². The Balaban J connectivity index is 1.56. The molecule has 2 aliphatic rings. The van der Waals surface area contributed by atoms with E-state index in [1.807, 2.05) is 0 Å². The first-order valence-electron chi connectivity index (χ1n) is 9.76. The van der Waals surface area contributed by atoms with Crippen LogP contribution < -0.4 is 0 Å². The van der Waals surface area contributed by atoms with Gasteiger partial charge in [-0.3, -0.25) is 4.90 Å². The first kappa shape index (κ1) is 18.2. The Morgan fingerprint density at radius 2 is 1.55 bits per heavy atom. The summed E-state index contributed by atoms with van der Waals surface area (Å²) in [6, 6.07) is 1.60. The van der Waals surface area contributed by atoms with Crippen molar-refractivity contribution in [2.24, 2.45) is 5.92 Å². The topological polar surface area (TPSA) is 9.72 Å². The van der Waals surface area contributed by atoms with Crippen LogP contribution in [0.1, 0.15) is 59.8 Å². The maximum atomic E-state index is 2.77. The smallest absolute Gasteiger partial charge is 0.0113 e. The molecule has 22 heavy (non-hydrogen) atoms. The molecule has 0 aromatic rings. The summed E-state index contributed by atoms with van der Waals surface area (Å²) in [6.07, 6.45) is 7.03.